The number of rotatable bonds is 3. The van der Waals surface area contributed by atoms with E-state index >= 15 is 0 Å². The molecule has 23 heavy (non-hydrogen) atoms. The molecule has 8 heteroatoms. The number of ether oxygens (including phenoxy) is 1. The van der Waals surface area contributed by atoms with Crippen LogP contribution in [-0.4, -0.2) is 28.3 Å². The number of thioether (sulfide) groups is 1. The summed E-state index contributed by atoms with van der Waals surface area (Å²) in [5.41, 5.74) is 0.605. The Labute approximate surface area is 141 Å². The minimum absolute atomic E-state index is 0.0708. The number of pyridine rings is 1. The summed E-state index contributed by atoms with van der Waals surface area (Å²) in [7, 11) is 1.27. The van der Waals surface area contributed by atoms with Crippen LogP contribution in [0, 0.1) is 0 Å². The Morgan fingerprint density at radius 2 is 2.26 bits per heavy atom. The molecule has 1 aliphatic rings. The van der Waals surface area contributed by atoms with Gasteiger partial charge in [0.1, 0.15) is 5.76 Å². The number of furan rings is 1. The second-order valence-corrected chi connectivity index (χ2v) is 6.10. The molecule has 0 atom stereocenters. The standard InChI is InChI=1S/C15H10N2O4S2/c1-20-14(19)11-5-4-10(21-11)7-12-13(18)17(15(22)23-12)9-3-2-6-16-8-9/h2-8H,1H3/b12-7+. The molecule has 2 aromatic heterocycles. The minimum atomic E-state index is -0.576. The van der Waals surface area contributed by atoms with E-state index in [-0.39, 0.29) is 11.7 Å². The maximum Gasteiger partial charge on any atom is 0.373 e. The Hall–Kier alpha value is -2.45. The monoisotopic (exact) mass is 346 g/mol. The summed E-state index contributed by atoms with van der Waals surface area (Å²) in [6, 6.07) is 6.55. The third-order valence-corrected chi connectivity index (χ3v) is 4.29. The zero-order valence-corrected chi connectivity index (χ0v) is 13.5. The van der Waals surface area contributed by atoms with E-state index in [9.17, 15) is 9.59 Å². The van der Waals surface area contributed by atoms with Gasteiger partial charge in [-0.05, 0) is 24.3 Å². The molecule has 0 aromatic carbocycles. The number of hydrogen-bond donors (Lipinski definition) is 0. The van der Waals surface area contributed by atoms with Gasteiger partial charge in [-0.25, -0.2) is 4.79 Å². The molecule has 3 heterocycles. The van der Waals surface area contributed by atoms with E-state index in [1.807, 2.05) is 0 Å². The second kappa shape index (κ2) is 6.35. The Kier molecular flexibility index (Phi) is 4.26. The number of aromatic nitrogens is 1. The number of hydrogen-bond acceptors (Lipinski definition) is 7. The molecule has 116 valence electrons. The van der Waals surface area contributed by atoms with Crippen LogP contribution in [0.1, 0.15) is 16.3 Å². The summed E-state index contributed by atoms with van der Waals surface area (Å²) < 4.78 is 10.3. The Bertz CT molecular complexity index is 814. The highest BCUT2D eigenvalue weighted by Gasteiger charge is 2.33. The average Bonchev–Trinajstić information content (AvgIpc) is 3.13. The van der Waals surface area contributed by atoms with Gasteiger partial charge in [-0.2, -0.15) is 0 Å². The van der Waals surface area contributed by atoms with Crippen molar-refractivity contribution in [1.29, 1.82) is 0 Å². The van der Waals surface area contributed by atoms with Crippen LogP contribution < -0.4 is 4.90 Å². The fourth-order valence-corrected chi connectivity index (χ4v) is 3.23. The summed E-state index contributed by atoms with van der Waals surface area (Å²) in [4.78, 5) is 29.7. The first-order chi connectivity index (χ1) is 11.1. The number of thiocarbonyl (C=S) groups is 1. The fraction of sp³-hybridized carbons (Fsp3) is 0.0667. The molecule has 1 fully saturated rings. The average molecular weight is 346 g/mol. The lowest BCUT2D eigenvalue weighted by atomic mass is 10.3. The van der Waals surface area contributed by atoms with Crippen molar-refractivity contribution in [3.8, 4) is 0 Å². The summed E-state index contributed by atoms with van der Waals surface area (Å²) >= 11 is 6.41. The molecule has 1 aliphatic heterocycles. The third-order valence-electron chi connectivity index (χ3n) is 2.98. The van der Waals surface area contributed by atoms with E-state index < -0.39 is 5.97 Å². The van der Waals surface area contributed by atoms with Gasteiger partial charge in [-0.15, -0.1) is 0 Å². The van der Waals surface area contributed by atoms with Gasteiger partial charge < -0.3 is 9.15 Å². The Morgan fingerprint density at radius 3 is 2.96 bits per heavy atom. The maximum atomic E-state index is 12.5. The van der Waals surface area contributed by atoms with Crippen LogP contribution in [0.15, 0.2) is 46.0 Å². The zero-order chi connectivity index (χ0) is 16.4. The van der Waals surface area contributed by atoms with Crippen LogP contribution in [-0.2, 0) is 9.53 Å². The number of methoxy groups -OCH3 is 1. The third kappa shape index (κ3) is 3.03. The van der Waals surface area contributed by atoms with Crippen molar-refractivity contribution in [3.63, 3.8) is 0 Å². The van der Waals surface area contributed by atoms with Gasteiger partial charge >= 0.3 is 5.97 Å². The van der Waals surface area contributed by atoms with Crippen molar-refractivity contribution in [2.75, 3.05) is 12.0 Å². The highest BCUT2D eigenvalue weighted by Crippen LogP contribution is 2.35. The number of carbonyl (C=O) groups is 2. The Balaban J connectivity index is 1.87. The van der Waals surface area contributed by atoms with Gasteiger partial charge in [0.05, 0.1) is 23.9 Å². The van der Waals surface area contributed by atoms with Gasteiger partial charge in [-0.3, -0.25) is 14.7 Å². The summed E-state index contributed by atoms with van der Waals surface area (Å²) in [5, 5.41) is 0. The van der Waals surface area contributed by atoms with E-state index in [0.717, 1.165) is 11.8 Å². The largest absolute Gasteiger partial charge is 0.463 e. The van der Waals surface area contributed by atoms with Crippen LogP contribution in [0.25, 0.3) is 6.08 Å². The van der Waals surface area contributed by atoms with Crippen molar-refractivity contribution in [2.24, 2.45) is 0 Å². The van der Waals surface area contributed by atoms with Crippen LogP contribution >= 0.6 is 24.0 Å². The van der Waals surface area contributed by atoms with Crippen LogP contribution in [0.5, 0.6) is 0 Å². The predicted molar refractivity (Wildman–Crippen MR) is 89.9 cm³/mol. The van der Waals surface area contributed by atoms with E-state index in [0.29, 0.717) is 20.7 Å². The van der Waals surface area contributed by atoms with Gasteiger partial charge in [0.25, 0.3) is 5.91 Å². The highest BCUT2D eigenvalue weighted by atomic mass is 32.2. The number of anilines is 1. The molecular formula is C15H10N2O4S2. The van der Waals surface area contributed by atoms with Crippen LogP contribution in [0.3, 0.4) is 0 Å². The maximum absolute atomic E-state index is 12.5. The molecule has 0 unspecified atom stereocenters. The molecule has 2 aromatic rings. The molecule has 1 saturated heterocycles. The molecule has 0 radical (unpaired) electrons. The first kappa shape index (κ1) is 15.4. The molecule has 6 nitrogen and oxygen atoms in total. The van der Waals surface area contributed by atoms with Gasteiger partial charge in [0.15, 0.2) is 4.32 Å². The smallest absolute Gasteiger partial charge is 0.373 e. The van der Waals surface area contributed by atoms with Crippen molar-refractivity contribution in [3.05, 3.63) is 53.1 Å². The summed E-state index contributed by atoms with van der Waals surface area (Å²) in [6.45, 7) is 0. The van der Waals surface area contributed by atoms with Crippen molar-refractivity contribution in [1.82, 2.24) is 4.98 Å². The molecule has 0 saturated carbocycles. The van der Waals surface area contributed by atoms with Crippen molar-refractivity contribution < 1.29 is 18.7 Å². The first-order valence-corrected chi connectivity index (χ1v) is 7.69. The topological polar surface area (TPSA) is 72.6 Å². The van der Waals surface area contributed by atoms with Gasteiger partial charge in [-0.1, -0.05) is 24.0 Å². The predicted octanol–water partition coefficient (Wildman–Crippen LogP) is 2.87. The lowest BCUT2D eigenvalue weighted by molar-refractivity contribution is -0.113. The van der Waals surface area contributed by atoms with E-state index in [2.05, 4.69) is 9.72 Å². The lowest BCUT2D eigenvalue weighted by Crippen LogP contribution is -2.27. The molecule has 3 rings (SSSR count). The summed E-state index contributed by atoms with van der Waals surface area (Å²) in [5.74, 6) is -0.393. The number of amides is 1. The number of nitrogens with zero attached hydrogens (tertiary/aromatic N) is 2. The van der Waals surface area contributed by atoms with E-state index in [1.54, 1.807) is 36.7 Å². The summed E-state index contributed by atoms with van der Waals surface area (Å²) in [6.07, 6.45) is 4.73. The van der Waals surface area contributed by atoms with E-state index in [4.69, 9.17) is 16.6 Å². The molecule has 0 bridgehead atoms. The first-order valence-electron chi connectivity index (χ1n) is 6.46. The minimum Gasteiger partial charge on any atom is -0.463 e. The second-order valence-electron chi connectivity index (χ2n) is 4.42. The zero-order valence-electron chi connectivity index (χ0n) is 11.9. The quantitative estimate of drug-likeness (QED) is 0.481. The molecular weight excluding hydrogens is 336 g/mol. The molecule has 0 aliphatic carbocycles. The van der Waals surface area contributed by atoms with Crippen molar-refractivity contribution >= 4 is 51.9 Å². The molecule has 1 amide bonds. The van der Waals surface area contributed by atoms with E-state index in [1.165, 1.54) is 18.1 Å². The molecule has 0 N–H and O–H groups in total. The number of esters is 1. The number of carbonyl (C=O) groups excluding carboxylic acids is 2. The SMILES string of the molecule is COC(=O)c1ccc(/C=C2/SC(=S)N(c3cccnc3)C2=O)o1. The van der Waals surface area contributed by atoms with Crippen LogP contribution in [0.2, 0.25) is 0 Å². The van der Waals surface area contributed by atoms with Gasteiger partial charge in [0, 0.05) is 12.3 Å². The van der Waals surface area contributed by atoms with Gasteiger partial charge in [0.2, 0.25) is 5.76 Å². The normalized spacial score (nSPS) is 16.2. The Morgan fingerprint density at radius 1 is 1.43 bits per heavy atom. The molecule has 0 spiro atoms. The van der Waals surface area contributed by atoms with Crippen LogP contribution in [0.4, 0.5) is 5.69 Å². The lowest BCUT2D eigenvalue weighted by Gasteiger charge is -2.13. The van der Waals surface area contributed by atoms with Crippen molar-refractivity contribution in [2.45, 2.75) is 0 Å². The highest BCUT2D eigenvalue weighted by molar-refractivity contribution is 8.27. The fourth-order valence-electron chi connectivity index (χ4n) is 1.95.